The Balaban J connectivity index is 1.63. The molecule has 0 radical (unpaired) electrons. The van der Waals surface area contributed by atoms with Crippen LogP contribution in [0.3, 0.4) is 0 Å². The van der Waals surface area contributed by atoms with Gasteiger partial charge in [0.15, 0.2) is 5.58 Å². The fourth-order valence-corrected chi connectivity index (χ4v) is 3.00. The van der Waals surface area contributed by atoms with Crippen LogP contribution < -0.4 is 4.90 Å². The van der Waals surface area contributed by atoms with E-state index in [0.717, 1.165) is 24.5 Å². The molecule has 0 amide bonds. The van der Waals surface area contributed by atoms with E-state index in [-0.39, 0.29) is 5.56 Å². The van der Waals surface area contributed by atoms with E-state index < -0.39 is 5.97 Å². The van der Waals surface area contributed by atoms with Crippen LogP contribution in [-0.2, 0) is 0 Å². The lowest BCUT2D eigenvalue weighted by molar-refractivity contribution is 0.0697. The molecule has 1 aromatic carbocycles. The molecule has 1 fully saturated rings. The molecule has 0 atom stereocenters. The second-order valence-electron chi connectivity index (χ2n) is 5.96. The second-order valence-corrected chi connectivity index (χ2v) is 5.96. The molecular weight excluding hydrogens is 306 g/mol. The summed E-state index contributed by atoms with van der Waals surface area (Å²) in [7, 11) is 0. The Morgan fingerprint density at radius 2 is 1.96 bits per heavy atom. The highest BCUT2D eigenvalue weighted by atomic mass is 16.4. The molecule has 2 aromatic heterocycles. The van der Waals surface area contributed by atoms with Crippen molar-refractivity contribution in [3.63, 3.8) is 0 Å². The molecule has 122 valence electrons. The minimum atomic E-state index is -0.984. The number of pyridine rings is 1. The van der Waals surface area contributed by atoms with Gasteiger partial charge >= 0.3 is 5.97 Å². The monoisotopic (exact) mass is 323 g/mol. The summed E-state index contributed by atoms with van der Waals surface area (Å²) in [6.07, 6.45) is 5.46. The average Bonchev–Trinajstić information content (AvgIpc) is 3.06. The molecule has 0 saturated carbocycles. The minimum absolute atomic E-state index is 0.184. The Bertz CT molecular complexity index is 880. The lowest BCUT2D eigenvalue weighted by atomic mass is 10.1. The Hall–Kier alpha value is -2.89. The van der Waals surface area contributed by atoms with Gasteiger partial charge in [-0.3, -0.25) is 0 Å². The number of carboxylic acids is 1. The predicted molar refractivity (Wildman–Crippen MR) is 90.3 cm³/mol. The number of benzene rings is 1. The molecule has 0 spiro atoms. The number of carbonyl (C=O) groups is 1. The predicted octanol–water partition coefficient (Wildman–Crippen LogP) is 3.58. The number of piperidine rings is 1. The maximum atomic E-state index is 11.0. The van der Waals surface area contributed by atoms with Crippen LogP contribution in [-0.4, -0.2) is 34.1 Å². The first-order valence-electron chi connectivity index (χ1n) is 8.06. The average molecular weight is 323 g/mol. The van der Waals surface area contributed by atoms with Crippen molar-refractivity contribution < 1.29 is 14.3 Å². The van der Waals surface area contributed by atoms with Gasteiger partial charge in [-0.25, -0.2) is 14.8 Å². The first-order chi connectivity index (χ1) is 11.7. The van der Waals surface area contributed by atoms with Gasteiger partial charge in [-0.05, 0) is 49.6 Å². The van der Waals surface area contributed by atoms with E-state index in [1.807, 2.05) is 12.1 Å². The highest BCUT2D eigenvalue weighted by Crippen LogP contribution is 2.26. The van der Waals surface area contributed by atoms with Gasteiger partial charge < -0.3 is 14.4 Å². The third-order valence-corrected chi connectivity index (χ3v) is 4.31. The smallest absolute Gasteiger partial charge is 0.335 e. The molecule has 6 heteroatoms. The normalized spacial score (nSPS) is 14.9. The van der Waals surface area contributed by atoms with Crippen LogP contribution >= 0.6 is 0 Å². The number of fused-ring (bicyclic) bond motifs is 1. The van der Waals surface area contributed by atoms with E-state index in [4.69, 9.17) is 9.52 Å². The standard InChI is InChI=1S/C18H17N3O3/c22-18(23)12-4-6-14-15(10-12)24-17(20-14)13-5-7-16(19-11-13)21-8-2-1-3-9-21/h4-7,10-11H,1-3,8-9H2,(H,22,23). The summed E-state index contributed by atoms with van der Waals surface area (Å²) >= 11 is 0. The fourth-order valence-electron chi connectivity index (χ4n) is 3.00. The first kappa shape index (κ1) is 14.7. The minimum Gasteiger partial charge on any atom is -0.478 e. The van der Waals surface area contributed by atoms with Crippen LogP contribution in [0.25, 0.3) is 22.6 Å². The van der Waals surface area contributed by atoms with Gasteiger partial charge in [0.25, 0.3) is 0 Å². The van der Waals surface area contributed by atoms with E-state index in [1.165, 1.54) is 31.4 Å². The second kappa shape index (κ2) is 5.96. The summed E-state index contributed by atoms with van der Waals surface area (Å²) in [6.45, 7) is 2.10. The molecule has 0 unspecified atom stereocenters. The molecule has 1 aliphatic rings. The lowest BCUT2D eigenvalue weighted by Gasteiger charge is -2.27. The third-order valence-electron chi connectivity index (χ3n) is 4.31. The van der Waals surface area contributed by atoms with E-state index in [9.17, 15) is 4.79 Å². The molecule has 6 nitrogen and oxygen atoms in total. The van der Waals surface area contributed by atoms with Crippen LogP contribution in [0.5, 0.6) is 0 Å². The summed E-state index contributed by atoms with van der Waals surface area (Å²) in [5.41, 5.74) is 2.06. The summed E-state index contributed by atoms with van der Waals surface area (Å²) in [6, 6.07) is 8.59. The number of aromatic nitrogens is 2. The molecule has 1 saturated heterocycles. The fraction of sp³-hybridized carbons (Fsp3) is 0.278. The number of anilines is 1. The zero-order valence-electron chi connectivity index (χ0n) is 13.1. The van der Waals surface area contributed by atoms with Crippen LogP contribution in [0.2, 0.25) is 0 Å². The number of nitrogens with zero attached hydrogens (tertiary/aromatic N) is 3. The number of rotatable bonds is 3. The van der Waals surface area contributed by atoms with Crippen molar-refractivity contribution >= 4 is 22.9 Å². The van der Waals surface area contributed by atoms with E-state index in [0.29, 0.717) is 17.0 Å². The van der Waals surface area contributed by atoms with Gasteiger partial charge in [0.05, 0.1) is 11.1 Å². The first-order valence-corrected chi connectivity index (χ1v) is 8.06. The summed E-state index contributed by atoms with van der Waals surface area (Å²) in [5.74, 6) is 0.440. The Morgan fingerprint density at radius 1 is 1.12 bits per heavy atom. The van der Waals surface area contributed by atoms with Gasteiger partial charge in [0, 0.05) is 19.3 Å². The molecule has 0 bridgehead atoms. The van der Waals surface area contributed by atoms with Gasteiger partial charge in [-0.1, -0.05) is 0 Å². The van der Waals surface area contributed by atoms with E-state index in [1.54, 1.807) is 12.3 Å². The van der Waals surface area contributed by atoms with Gasteiger partial charge in [-0.2, -0.15) is 0 Å². The summed E-state index contributed by atoms with van der Waals surface area (Å²) in [5, 5.41) is 9.05. The van der Waals surface area contributed by atoms with Crippen molar-refractivity contribution in [2.24, 2.45) is 0 Å². The molecule has 3 heterocycles. The number of oxazole rings is 1. The van der Waals surface area contributed by atoms with Crippen molar-refractivity contribution in [2.75, 3.05) is 18.0 Å². The molecule has 1 N–H and O–H groups in total. The van der Waals surface area contributed by atoms with Crippen LogP contribution in [0, 0.1) is 0 Å². The van der Waals surface area contributed by atoms with Crippen molar-refractivity contribution in [3.8, 4) is 11.5 Å². The molecule has 0 aliphatic carbocycles. The van der Waals surface area contributed by atoms with E-state index >= 15 is 0 Å². The van der Waals surface area contributed by atoms with Crippen molar-refractivity contribution in [3.05, 3.63) is 42.1 Å². The zero-order valence-corrected chi connectivity index (χ0v) is 13.1. The van der Waals surface area contributed by atoms with Gasteiger partial charge in [0.1, 0.15) is 11.3 Å². The highest BCUT2D eigenvalue weighted by Gasteiger charge is 2.14. The molecule has 4 rings (SSSR count). The number of hydrogen-bond acceptors (Lipinski definition) is 5. The topological polar surface area (TPSA) is 79.5 Å². The van der Waals surface area contributed by atoms with Crippen molar-refractivity contribution in [1.82, 2.24) is 9.97 Å². The number of carboxylic acid groups (broad SMARTS) is 1. The maximum Gasteiger partial charge on any atom is 0.335 e. The van der Waals surface area contributed by atoms with Crippen LogP contribution in [0.15, 0.2) is 40.9 Å². The number of aromatic carboxylic acids is 1. The van der Waals surface area contributed by atoms with E-state index in [2.05, 4.69) is 14.9 Å². The molecule has 3 aromatic rings. The van der Waals surface area contributed by atoms with Crippen LogP contribution in [0.1, 0.15) is 29.6 Å². The van der Waals surface area contributed by atoms with Crippen molar-refractivity contribution in [1.29, 1.82) is 0 Å². The van der Waals surface area contributed by atoms with Crippen molar-refractivity contribution in [2.45, 2.75) is 19.3 Å². The quantitative estimate of drug-likeness (QED) is 0.793. The molecule has 1 aliphatic heterocycles. The third kappa shape index (κ3) is 2.71. The molecular formula is C18H17N3O3. The maximum absolute atomic E-state index is 11.0. The lowest BCUT2D eigenvalue weighted by Crippen LogP contribution is -2.29. The largest absolute Gasteiger partial charge is 0.478 e. The van der Waals surface area contributed by atoms with Gasteiger partial charge in [-0.15, -0.1) is 0 Å². The Morgan fingerprint density at radius 3 is 2.67 bits per heavy atom. The molecule has 24 heavy (non-hydrogen) atoms. The SMILES string of the molecule is O=C(O)c1ccc2nc(-c3ccc(N4CCCCC4)nc3)oc2c1. The highest BCUT2D eigenvalue weighted by molar-refractivity contribution is 5.92. The number of hydrogen-bond donors (Lipinski definition) is 1. The Labute approximate surface area is 138 Å². The Kier molecular flexibility index (Phi) is 3.65. The van der Waals surface area contributed by atoms with Crippen LogP contribution in [0.4, 0.5) is 5.82 Å². The zero-order chi connectivity index (χ0) is 16.5. The summed E-state index contributed by atoms with van der Waals surface area (Å²) < 4.78 is 5.70. The van der Waals surface area contributed by atoms with Gasteiger partial charge in [0.2, 0.25) is 5.89 Å². The summed E-state index contributed by atoms with van der Waals surface area (Å²) in [4.78, 5) is 22.3.